The van der Waals surface area contributed by atoms with Gasteiger partial charge in [-0.05, 0) is 25.8 Å². The Balaban J connectivity index is 1.90. The molecule has 16 heavy (non-hydrogen) atoms. The molecule has 3 nitrogen and oxygen atoms in total. The third kappa shape index (κ3) is 6.09. The molecule has 1 rings (SSSR count). The van der Waals surface area contributed by atoms with Gasteiger partial charge in [-0.2, -0.15) is 11.8 Å². The maximum Gasteiger partial charge on any atom is 0.156 e. The van der Waals surface area contributed by atoms with E-state index in [1.807, 2.05) is 0 Å². The second-order valence-electron chi connectivity index (χ2n) is 4.20. The van der Waals surface area contributed by atoms with Crippen molar-refractivity contribution in [1.29, 1.82) is 0 Å². The van der Waals surface area contributed by atoms with Gasteiger partial charge in [0.15, 0.2) is 6.29 Å². The fourth-order valence-electron chi connectivity index (χ4n) is 1.98. The van der Waals surface area contributed by atoms with Gasteiger partial charge in [-0.3, -0.25) is 0 Å². The summed E-state index contributed by atoms with van der Waals surface area (Å²) in [5.74, 6) is 2.63. The van der Waals surface area contributed by atoms with Gasteiger partial charge >= 0.3 is 0 Å². The van der Waals surface area contributed by atoms with Gasteiger partial charge in [0.05, 0.1) is 0 Å². The lowest BCUT2D eigenvalue weighted by molar-refractivity contribution is -0.107. The van der Waals surface area contributed by atoms with Gasteiger partial charge < -0.3 is 14.4 Å². The summed E-state index contributed by atoms with van der Waals surface area (Å²) < 4.78 is 10.3. The van der Waals surface area contributed by atoms with Gasteiger partial charge in [0, 0.05) is 38.8 Å². The Labute approximate surface area is 104 Å². The zero-order valence-corrected chi connectivity index (χ0v) is 11.4. The molecule has 1 aliphatic rings. The first-order chi connectivity index (χ1) is 7.86. The Kier molecular flexibility index (Phi) is 8.29. The third-order valence-electron chi connectivity index (χ3n) is 3.04. The van der Waals surface area contributed by atoms with Crippen LogP contribution >= 0.6 is 11.8 Å². The third-order valence-corrected chi connectivity index (χ3v) is 3.99. The van der Waals surface area contributed by atoms with Crippen LogP contribution in [0.3, 0.4) is 0 Å². The normalized spacial score (nSPS) is 18.2. The molecule has 0 atom stereocenters. The lowest BCUT2D eigenvalue weighted by Gasteiger charge is -2.26. The maximum atomic E-state index is 5.16. The SMILES string of the molecule is COC(CCCCCN1CCSCC1)OC. The molecule has 0 aromatic rings. The molecule has 4 heteroatoms. The van der Waals surface area contributed by atoms with E-state index in [2.05, 4.69) is 16.7 Å². The Hall–Kier alpha value is 0.230. The minimum absolute atomic E-state index is 0.00798. The quantitative estimate of drug-likeness (QED) is 0.484. The molecular weight excluding hydrogens is 222 g/mol. The van der Waals surface area contributed by atoms with Crippen molar-refractivity contribution in [3.05, 3.63) is 0 Å². The van der Waals surface area contributed by atoms with Gasteiger partial charge in [-0.25, -0.2) is 0 Å². The highest BCUT2D eigenvalue weighted by Crippen LogP contribution is 2.11. The summed E-state index contributed by atoms with van der Waals surface area (Å²) in [6.45, 7) is 3.83. The second-order valence-corrected chi connectivity index (χ2v) is 5.43. The molecule has 0 unspecified atom stereocenters. The Morgan fingerprint density at radius 2 is 1.75 bits per heavy atom. The van der Waals surface area contributed by atoms with Crippen molar-refractivity contribution in [3.63, 3.8) is 0 Å². The second kappa shape index (κ2) is 9.28. The standard InChI is InChI=1S/C12H25NO2S/c1-14-12(15-2)6-4-3-5-7-13-8-10-16-11-9-13/h12H,3-11H2,1-2H3. The van der Waals surface area contributed by atoms with Crippen LogP contribution in [0.1, 0.15) is 25.7 Å². The van der Waals surface area contributed by atoms with E-state index < -0.39 is 0 Å². The van der Waals surface area contributed by atoms with Crippen LogP contribution in [0.4, 0.5) is 0 Å². The number of hydrogen-bond donors (Lipinski definition) is 0. The summed E-state index contributed by atoms with van der Waals surface area (Å²) in [6.07, 6.45) is 4.81. The molecule has 0 amide bonds. The predicted octanol–water partition coefficient (Wildman–Crippen LogP) is 2.21. The number of nitrogens with zero attached hydrogens (tertiary/aromatic N) is 1. The summed E-state index contributed by atoms with van der Waals surface area (Å²) in [5, 5.41) is 0. The summed E-state index contributed by atoms with van der Waals surface area (Å²) in [6, 6.07) is 0. The van der Waals surface area contributed by atoms with Crippen LogP contribution in [0.25, 0.3) is 0 Å². The highest BCUT2D eigenvalue weighted by Gasteiger charge is 2.09. The van der Waals surface area contributed by atoms with Crippen LogP contribution in [0.2, 0.25) is 0 Å². The highest BCUT2D eigenvalue weighted by atomic mass is 32.2. The van der Waals surface area contributed by atoms with Crippen LogP contribution in [-0.2, 0) is 9.47 Å². The number of hydrogen-bond acceptors (Lipinski definition) is 4. The number of unbranched alkanes of at least 4 members (excludes halogenated alkanes) is 2. The monoisotopic (exact) mass is 247 g/mol. The zero-order chi connectivity index (χ0) is 11.6. The van der Waals surface area contributed by atoms with E-state index in [1.165, 1.54) is 50.4 Å². The lowest BCUT2D eigenvalue weighted by atomic mass is 10.2. The van der Waals surface area contributed by atoms with Gasteiger partial charge in [0.1, 0.15) is 0 Å². The molecule has 96 valence electrons. The molecule has 0 spiro atoms. The van der Waals surface area contributed by atoms with Gasteiger partial charge in [-0.15, -0.1) is 0 Å². The van der Waals surface area contributed by atoms with E-state index >= 15 is 0 Å². The smallest absolute Gasteiger partial charge is 0.156 e. The van der Waals surface area contributed by atoms with E-state index in [9.17, 15) is 0 Å². The van der Waals surface area contributed by atoms with E-state index in [0.29, 0.717) is 0 Å². The van der Waals surface area contributed by atoms with Gasteiger partial charge in [0.2, 0.25) is 0 Å². The van der Waals surface area contributed by atoms with Crippen molar-refractivity contribution < 1.29 is 9.47 Å². The molecule has 0 bridgehead atoms. The number of thioether (sulfide) groups is 1. The fraction of sp³-hybridized carbons (Fsp3) is 1.00. The summed E-state index contributed by atoms with van der Waals surface area (Å²) in [7, 11) is 3.42. The predicted molar refractivity (Wildman–Crippen MR) is 70.0 cm³/mol. The van der Waals surface area contributed by atoms with Gasteiger partial charge in [0.25, 0.3) is 0 Å². The van der Waals surface area contributed by atoms with E-state index in [1.54, 1.807) is 14.2 Å². The van der Waals surface area contributed by atoms with E-state index in [4.69, 9.17) is 9.47 Å². The Morgan fingerprint density at radius 1 is 1.06 bits per heavy atom. The Morgan fingerprint density at radius 3 is 2.38 bits per heavy atom. The fourth-order valence-corrected chi connectivity index (χ4v) is 2.96. The maximum absolute atomic E-state index is 5.16. The first-order valence-electron chi connectivity index (χ1n) is 6.22. The summed E-state index contributed by atoms with van der Waals surface area (Å²) in [5.41, 5.74) is 0. The van der Waals surface area contributed by atoms with Crippen LogP contribution < -0.4 is 0 Å². The number of ether oxygens (including phenoxy) is 2. The van der Waals surface area contributed by atoms with Crippen molar-refractivity contribution in [2.45, 2.75) is 32.0 Å². The number of methoxy groups -OCH3 is 2. The molecular formula is C12H25NO2S. The van der Waals surface area contributed by atoms with Crippen molar-refractivity contribution in [2.75, 3.05) is 45.4 Å². The topological polar surface area (TPSA) is 21.7 Å². The minimum Gasteiger partial charge on any atom is -0.356 e. The molecule has 0 N–H and O–H groups in total. The summed E-state index contributed by atoms with van der Waals surface area (Å²) in [4.78, 5) is 2.58. The van der Waals surface area contributed by atoms with Crippen LogP contribution in [-0.4, -0.2) is 56.5 Å². The van der Waals surface area contributed by atoms with Gasteiger partial charge in [-0.1, -0.05) is 6.42 Å². The lowest BCUT2D eigenvalue weighted by Crippen LogP contribution is -2.33. The average molecular weight is 247 g/mol. The molecule has 1 aliphatic heterocycles. The van der Waals surface area contributed by atoms with Crippen LogP contribution in [0.5, 0.6) is 0 Å². The van der Waals surface area contributed by atoms with Crippen molar-refractivity contribution in [2.24, 2.45) is 0 Å². The largest absolute Gasteiger partial charge is 0.356 e. The van der Waals surface area contributed by atoms with E-state index in [-0.39, 0.29) is 6.29 Å². The molecule has 0 radical (unpaired) electrons. The molecule has 1 heterocycles. The molecule has 0 aromatic heterocycles. The first kappa shape index (κ1) is 14.3. The molecule has 1 saturated heterocycles. The minimum atomic E-state index is -0.00798. The highest BCUT2D eigenvalue weighted by molar-refractivity contribution is 7.99. The molecule has 0 aliphatic carbocycles. The van der Waals surface area contributed by atoms with Crippen molar-refractivity contribution in [3.8, 4) is 0 Å². The molecule has 1 fully saturated rings. The first-order valence-corrected chi connectivity index (χ1v) is 7.38. The van der Waals surface area contributed by atoms with Crippen LogP contribution in [0.15, 0.2) is 0 Å². The molecule has 0 aromatic carbocycles. The van der Waals surface area contributed by atoms with Crippen molar-refractivity contribution in [1.82, 2.24) is 4.90 Å². The number of rotatable bonds is 8. The van der Waals surface area contributed by atoms with Crippen LogP contribution in [0, 0.1) is 0 Å². The van der Waals surface area contributed by atoms with Crippen molar-refractivity contribution >= 4 is 11.8 Å². The van der Waals surface area contributed by atoms with E-state index in [0.717, 1.165) is 6.42 Å². The summed E-state index contributed by atoms with van der Waals surface area (Å²) >= 11 is 2.08. The average Bonchev–Trinajstić information content (AvgIpc) is 2.35. The Bertz CT molecular complexity index is 159. The molecule has 0 saturated carbocycles. The zero-order valence-electron chi connectivity index (χ0n) is 10.6.